The first-order valence-corrected chi connectivity index (χ1v) is 12.1. The fraction of sp³-hybridized carbons (Fsp3) is 0.0800. The van der Waals surface area contributed by atoms with E-state index in [0.717, 1.165) is 16.5 Å². The van der Waals surface area contributed by atoms with Gasteiger partial charge in [-0.15, -0.1) is 0 Å². The van der Waals surface area contributed by atoms with Crippen LogP contribution in [0.3, 0.4) is 0 Å². The van der Waals surface area contributed by atoms with E-state index in [2.05, 4.69) is 10.0 Å². The molecule has 33 heavy (non-hydrogen) atoms. The molecule has 0 radical (unpaired) electrons. The highest BCUT2D eigenvalue weighted by molar-refractivity contribution is 7.92. The molecule has 0 saturated heterocycles. The molecule has 0 aliphatic rings. The van der Waals surface area contributed by atoms with Crippen LogP contribution in [-0.2, 0) is 10.0 Å². The standard InChI is InChI=1S/C25H21ClN2O4S/c26-23-14-13-19(28-33(30,31)20-9-2-1-3-10-20)17-22(23)25(29)27-15-16-32-24-12-6-8-18-7-4-5-11-21(18)24/h1-14,17,28H,15-16H2,(H,27,29). The van der Waals surface area contributed by atoms with Crippen molar-refractivity contribution in [1.82, 2.24) is 5.32 Å². The second-order valence-corrected chi connectivity index (χ2v) is 9.28. The molecule has 0 bridgehead atoms. The van der Waals surface area contributed by atoms with Crippen molar-refractivity contribution in [3.63, 3.8) is 0 Å². The van der Waals surface area contributed by atoms with Crippen molar-refractivity contribution in [2.24, 2.45) is 0 Å². The number of fused-ring (bicyclic) bond motifs is 1. The minimum Gasteiger partial charge on any atom is -0.491 e. The lowest BCUT2D eigenvalue weighted by Gasteiger charge is -2.12. The van der Waals surface area contributed by atoms with Crippen molar-refractivity contribution in [3.05, 3.63) is 102 Å². The first kappa shape index (κ1) is 22.6. The highest BCUT2D eigenvalue weighted by Gasteiger charge is 2.16. The Balaban J connectivity index is 1.39. The summed E-state index contributed by atoms with van der Waals surface area (Å²) in [4.78, 5) is 12.8. The first-order valence-electron chi connectivity index (χ1n) is 10.2. The largest absolute Gasteiger partial charge is 0.491 e. The molecule has 6 nitrogen and oxygen atoms in total. The molecular formula is C25H21ClN2O4S. The average Bonchev–Trinajstić information content (AvgIpc) is 2.83. The Hall–Kier alpha value is -3.55. The summed E-state index contributed by atoms with van der Waals surface area (Å²) in [5.41, 5.74) is 0.399. The molecule has 0 fully saturated rings. The SMILES string of the molecule is O=C(NCCOc1cccc2ccccc12)c1cc(NS(=O)(=O)c2ccccc2)ccc1Cl. The monoisotopic (exact) mass is 480 g/mol. The van der Waals surface area contributed by atoms with E-state index in [1.807, 2.05) is 42.5 Å². The lowest BCUT2D eigenvalue weighted by molar-refractivity contribution is 0.0947. The number of carbonyl (C=O) groups excluding carboxylic acids is 1. The summed E-state index contributed by atoms with van der Waals surface area (Å²) in [6.07, 6.45) is 0. The molecule has 168 valence electrons. The van der Waals surface area contributed by atoms with Gasteiger partial charge in [-0.25, -0.2) is 8.42 Å². The molecule has 0 aliphatic heterocycles. The summed E-state index contributed by atoms with van der Waals surface area (Å²) in [7, 11) is -3.78. The fourth-order valence-electron chi connectivity index (χ4n) is 3.32. The van der Waals surface area contributed by atoms with Gasteiger partial charge in [0.2, 0.25) is 0 Å². The van der Waals surface area contributed by atoms with E-state index in [1.165, 1.54) is 30.3 Å². The molecule has 0 unspecified atom stereocenters. The molecular weight excluding hydrogens is 460 g/mol. The number of sulfonamides is 1. The van der Waals surface area contributed by atoms with Gasteiger partial charge in [0.1, 0.15) is 12.4 Å². The predicted molar refractivity (Wildman–Crippen MR) is 130 cm³/mol. The molecule has 0 aromatic heterocycles. The second-order valence-electron chi connectivity index (χ2n) is 7.19. The van der Waals surface area contributed by atoms with Gasteiger partial charge in [0, 0.05) is 11.1 Å². The summed E-state index contributed by atoms with van der Waals surface area (Å²) in [6, 6.07) is 26.0. The minimum atomic E-state index is -3.78. The number of hydrogen-bond acceptors (Lipinski definition) is 4. The second kappa shape index (κ2) is 9.94. The number of rotatable bonds is 8. The van der Waals surface area contributed by atoms with Gasteiger partial charge in [0.05, 0.1) is 22.0 Å². The van der Waals surface area contributed by atoms with Crippen LogP contribution in [0.15, 0.2) is 95.9 Å². The maximum atomic E-state index is 12.6. The summed E-state index contributed by atoms with van der Waals surface area (Å²) >= 11 is 6.18. The van der Waals surface area contributed by atoms with Crippen LogP contribution in [0.2, 0.25) is 5.02 Å². The highest BCUT2D eigenvalue weighted by atomic mass is 35.5. The summed E-state index contributed by atoms with van der Waals surface area (Å²) in [6.45, 7) is 0.510. The van der Waals surface area contributed by atoms with Crippen LogP contribution in [0.1, 0.15) is 10.4 Å². The van der Waals surface area contributed by atoms with Gasteiger partial charge < -0.3 is 10.1 Å². The number of halogens is 1. The molecule has 0 spiro atoms. The van der Waals surface area contributed by atoms with Gasteiger partial charge in [-0.2, -0.15) is 0 Å². The van der Waals surface area contributed by atoms with E-state index in [1.54, 1.807) is 18.2 Å². The van der Waals surface area contributed by atoms with E-state index in [-0.39, 0.29) is 34.3 Å². The molecule has 2 N–H and O–H groups in total. The van der Waals surface area contributed by atoms with Crippen molar-refractivity contribution < 1.29 is 17.9 Å². The predicted octanol–water partition coefficient (Wildman–Crippen LogP) is 5.10. The summed E-state index contributed by atoms with van der Waals surface area (Å²) < 4.78 is 33.4. The fourth-order valence-corrected chi connectivity index (χ4v) is 4.59. The Labute approximate surface area is 197 Å². The van der Waals surface area contributed by atoms with Crippen molar-refractivity contribution in [2.75, 3.05) is 17.9 Å². The smallest absolute Gasteiger partial charge is 0.261 e. The number of carbonyl (C=O) groups is 1. The van der Waals surface area contributed by atoms with E-state index in [0.29, 0.717) is 0 Å². The van der Waals surface area contributed by atoms with Crippen LogP contribution >= 0.6 is 11.6 Å². The Kier molecular flexibility index (Phi) is 6.82. The van der Waals surface area contributed by atoms with Gasteiger partial charge in [-0.1, -0.05) is 66.2 Å². The number of nitrogens with one attached hydrogen (secondary N) is 2. The zero-order valence-electron chi connectivity index (χ0n) is 17.5. The highest BCUT2D eigenvalue weighted by Crippen LogP contribution is 2.25. The topological polar surface area (TPSA) is 84.5 Å². The lowest BCUT2D eigenvalue weighted by Crippen LogP contribution is -2.28. The molecule has 4 rings (SSSR count). The van der Waals surface area contributed by atoms with E-state index < -0.39 is 15.9 Å². The number of hydrogen-bond donors (Lipinski definition) is 2. The molecule has 8 heteroatoms. The normalized spacial score (nSPS) is 11.2. The average molecular weight is 481 g/mol. The van der Waals surface area contributed by atoms with Crippen LogP contribution < -0.4 is 14.8 Å². The molecule has 0 heterocycles. The van der Waals surface area contributed by atoms with Gasteiger partial charge in [-0.3, -0.25) is 9.52 Å². The van der Waals surface area contributed by atoms with Gasteiger partial charge in [-0.05, 0) is 41.8 Å². The maximum absolute atomic E-state index is 12.6. The van der Waals surface area contributed by atoms with Crippen molar-refractivity contribution in [1.29, 1.82) is 0 Å². The van der Waals surface area contributed by atoms with Crippen molar-refractivity contribution in [2.45, 2.75) is 4.90 Å². The first-order chi connectivity index (χ1) is 15.9. The maximum Gasteiger partial charge on any atom is 0.261 e. The zero-order chi connectivity index (χ0) is 23.3. The third kappa shape index (κ3) is 5.45. The number of amides is 1. The van der Waals surface area contributed by atoms with Gasteiger partial charge in [0.25, 0.3) is 15.9 Å². The van der Waals surface area contributed by atoms with Gasteiger partial charge >= 0.3 is 0 Å². The van der Waals surface area contributed by atoms with Crippen LogP contribution in [0.4, 0.5) is 5.69 Å². The van der Waals surface area contributed by atoms with E-state index >= 15 is 0 Å². The van der Waals surface area contributed by atoms with E-state index in [9.17, 15) is 13.2 Å². The van der Waals surface area contributed by atoms with Crippen molar-refractivity contribution >= 4 is 44.0 Å². The van der Waals surface area contributed by atoms with Crippen LogP contribution in [0.25, 0.3) is 10.8 Å². The Morgan fingerprint density at radius 3 is 2.42 bits per heavy atom. The molecule has 4 aromatic carbocycles. The minimum absolute atomic E-state index is 0.122. The molecule has 0 atom stereocenters. The third-order valence-corrected chi connectivity index (χ3v) is 6.64. The molecule has 1 amide bonds. The van der Waals surface area contributed by atoms with Crippen LogP contribution in [-0.4, -0.2) is 27.5 Å². The Morgan fingerprint density at radius 2 is 1.61 bits per heavy atom. The Bertz CT molecular complexity index is 1390. The zero-order valence-corrected chi connectivity index (χ0v) is 19.1. The number of ether oxygens (including phenoxy) is 1. The Morgan fingerprint density at radius 1 is 0.879 bits per heavy atom. The quantitative estimate of drug-likeness (QED) is 0.343. The van der Waals surface area contributed by atoms with Crippen molar-refractivity contribution in [3.8, 4) is 5.75 Å². The van der Waals surface area contributed by atoms with E-state index in [4.69, 9.17) is 16.3 Å². The molecule has 0 saturated carbocycles. The number of benzene rings is 4. The van der Waals surface area contributed by atoms with Crippen LogP contribution in [0.5, 0.6) is 5.75 Å². The lowest BCUT2D eigenvalue weighted by atomic mass is 10.1. The molecule has 0 aliphatic carbocycles. The van der Waals surface area contributed by atoms with Crippen LogP contribution in [0, 0.1) is 0 Å². The number of anilines is 1. The summed E-state index contributed by atoms with van der Waals surface area (Å²) in [5.74, 6) is 0.306. The third-order valence-electron chi connectivity index (χ3n) is 4.91. The molecule has 4 aromatic rings. The summed E-state index contributed by atoms with van der Waals surface area (Å²) in [5, 5.41) is 5.03. The van der Waals surface area contributed by atoms with Gasteiger partial charge in [0.15, 0.2) is 0 Å².